The maximum absolute atomic E-state index is 12.5. The van der Waals surface area contributed by atoms with Gasteiger partial charge >= 0.3 is 12.2 Å². The van der Waals surface area contributed by atoms with Crippen LogP contribution in [0.3, 0.4) is 0 Å². The first-order valence-corrected chi connectivity index (χ1v) is 7.22. The Kier molecular flexibility index (Phi) is 5.46. The average Bonchev–Trinajstić information content (AvgIpc) is 2.54. The molecule has 0 heterocycles. The van der Waals surface area contributed by atoms with Crippen molar-refractivity contribution in [1.29, 1.82) is 0 Å². The third kappa shape index (κ3) is 4.99. The number of nitrogens with one attached hydrogen (secondary N) is 2. The molecule has 4 nitrogen and oxygen atoms in total. The van der Waals surface area contributed by atoms with Crippen LogP contribution < -0.4 is 10.6 Å². The molecule has 0 aliphatic carbocycles. The minimum Gasteiger partial charge on any atom is -0.387 e. The molecule has 0 aliphatic rings. The largest absolute Gasteiger partial charge is 0.416 e. The predicted octanol–water partition coefficient (Wildman–Crippen LogP) is 3.87. The Bertz CT molecular complexity index is 682. The summed E-state index contributed by atoms with van der Waals surface area (Å²) in [5, 5.41) is 15.0. The molecule has 0 fully saturated rings. The van der Waals surface area contributed by atoms with Gasteiger partial charge in [0.05, 0.1) is 11.7 Å². The Balaban J connectivity index is 1.87. The Hall–Kier alpha value is -2.54. The second-order valence-electron chi connectivity index (χ2n) is 5.34. The van der Waals surface area contributed by atoms with Gasteiger partial charge in [0.2, 0.25) is 0 Å². The number of hydrogen-bond donors (Lipinski definition) is 3. The lowest BCUT2D eigenvalue weighted by Gasteiger charge is -2.14. The van der Waals surface area contributed by atoms with Crippen molar-refractivity contribution < 1.29 is 23.1 Å². The van der Waals surface area contributed by atoms with E-state index in [0.717, 1.165) is 17.7 Å². The molecule has 0 bridgehead atoms. The van der Waals surface area contributed by atoms with E-state index in [1.165, 1.54) is 12.1 Å². The number of anilines is 1. The topological polar surface area (TPSA) is 61.4 Å². The Morgan fingerprint density at radius 1 is 1.08 bits per heavy atom. The molecule has 0 spiro atoms. The Labute approximate surface area is 137 Å². The zero-order valence-electron chi connectivity index (χ0n) is 12.9. The van der Waals surface area contributed by atoms with E-state index >= 15 is 0 Å². The highest BCUT2D eigenvalue weighted by Crippen LogP contribution is 2.29. The summed E-state index contributed by atoms with van der Waals surface area (Å²) in [5.41, 5.74) is 1.16. The summed E-state index contributed by atoms with van der Waals surface area (Å²) < 4.78 is 37.4. The lowest BCUT2D eigenvalue weighted by molar-refractivity contribution is -0.137. The molecule has 0 aliphatic heterocycles. The van der Waals surface area contributed by atoms with Crippen LogP contribution in [-0.4, -0.2) is 17.7 Å². The van der Waals surface area contributed by atoms with E-state index in [9.17, 15) is 23.1 Å². The van der Waals surface area contributed by atoms with Crippen LogP contribution in [0.1, 0.15) is 22.8 Å². The maximum Gasteiger partial charge on any atom is 0.416 e. The zero-order chi connectivity index (χ0) is 17.7. The van der Waals surface area contributed by atoms with Gasteiger partial charge in [-0.3, -0.25) is 0 Å². The molecular formula is C17H17F3N2O2. The molecule has 1 unspecified atom stereocenters. The summed E-state index contributed by atoms with van der Waals surface area (Å²) in [6.45, 7) is 1.80. The summed E-state index contributed by atoms with van der Waals surface area (Å²) in [4.78, 5) is 11.7. The van der Waals surface area contributed by atoms with E-state index < -0.39 is 23.9 Å². The molecule has 3 N–H and O–H groups in total. The molecule has 128 valence electrons. The quantitative estimate of drug-likeness (QED) is 0.792. The highest BCUT2D eigenvalue weighted by atomic mass is 19.4. The number of carbonyl (C=O) groups excluding carboxylic acids is 1. The van der Waals surface area contributed by atoms with Crippen molar-refractivity contribution in [3.63, 3.8) is 0 Å². The number of benzene rings is 2. The smallest absolute Gasteiger partial charge is 0.387 e. The fourth-order valence-corrected chi connectivity index (χ4v) is 2.01. The van der Waals surface area contributed by atoms with Gasteiger partial charge in [0.1, 0.15) is 0 Å². The highest BCUT2D eigenvalue weighted by molar-refractivity contribution is 5.89. The molecule has 0 saturated carbocycles. The molecule has 2 aromatic rings. The van der Waals surface area contributed by atoms with Gasteiger partial charge in [0.25, 0.3) is 0 Å². The van der Waals surface area contributed by atoms with Crippen molar-refractivity contribution in [3.8, 4) is 0 Å². The van der Waals surface area contributed by atoms with Crippen molar-refractivity contribution in [2.75, 3.05) is 11.9 Å². The van der Waals surface area contributed by atoms with Crippen molar-refractivity contribution in [3.05, 3.63) is 65.2 Å². The number of amides is 2. The van der Waals surface area contributed by atoms with Gasteiger partial charge in [0, 0.05) is 12.2 Å². The number of alkyl halides is 3. The first-order valence-electron chi connectivity index (χ1n) is 7.22. The van der Waals surface area contributed by atoms with Gasteiger partial charge in [-0.25, -0.2) is 4.79 Å². The zero-order valence-corrected chi connectivity index (χ0v) is 12.9. The number of urea groups is 1. The number of carbonyl (C=O) groups is 1. The first-order chi connectivity index (χ1) is 11.3. The average molecular weight is 338 g/mol. The Morgan fingerprint density at radius 3 is 2.21 bits per heavy atom. The number of aliphatic hydroxyl groups excluding tert-OH is 1. The van der Waals surface area contributed by atoms with E-state index in [1.807, 2.05) is 19.1 Å². The third-order valence-electron chi connectivity index (χ3n) is 3.39. The second-order valence-corrected chi connectivity index (χ2v) is 5.34. The standard InChI is InChI=1S/C17H17F3N2O2/c1-11-2-8-14(9-3-11)22-16(24)21-10-15(23)12-4-6-13(7-5-12)17(18,19)20/h2-9,15,23H,10H2,1H3,(H2,21,22,24). The summed E-state index contributed by atoms with van der Waals surface area (Å²) in [6.07, 6.45) is -5.52. The van der Waals surface area contributed by atoms with Crippen LogP contribution in [0, 0.1) is 6.92 Å². The van der Waals surface area contributed by atoms with E-state index in [1.54, 1.807) is 12.1 Å². The number of aliphatic hydroxyl groups is 1. The summed E-state index contributed by atoms with van der Waals surface area (Å²) in [5.74, 6) is 0. The van der Waals surface area contributed by atoms with Crippen LogP contribution >= 0.6 is 0 Å². The van der Waals surface area contributed by atoms with Gasteiger partial charge < -0.3 is 15.7 Å². The van der Waals surface area contributed by atoms with Crippen LogP contribution in [0.2, 0.25) is 0 Å². The second kappa shape index (κ2) is 7.35. The number of rotatable bonds is 4. The van der Waals surface area contributed by atoms with Crippen molar-refractivity contribution in [2.24, 2.45) is 0 Å². The van der Waals surface area contributed by atoms with Gasteiger partial charge in [0.15, 0.2) is 0 Å². The lowest BCUT2D eigenvalue weighted by Crippen LogP contribution is -2.32. The third-order valence-corrected chi connectivity index (χ3v) is 3.39. The molecule has 24 heavy (non-hydrogen) atoms. The van der Waals surface area contributed by atoms with E-state index in [0.29, 0.717) is 11.3 Å². The monoisotopic (exact) mass is 338 g/mol. The van der Waals surface area contributed by atoms with Crippen LogP contribution in [0.4, 0.5) is 23.7 Å². The van der Waals surface area contributed by atoms with Crippen LogP contribution in [-0.2, 0) is 6.18 Å². The van der Waals surface area contributed by atoms with E-state index in [4.69, 9.17) is 0 Å². The normalized spacial score (nSPS) is 12.5. The highest BCUT2D eigenvalue weighted by Gasteiger charge is 2.30. The van der Waals surface area contributed by atoms with Crippen LogP contribution in [0.15, 0.2) is 48.5 Å². The maximum atomic E-state index is 12.5. The van der Waals surface area contributed by atoms with Crippen molar-refractivity contribution in [2.45, 2.75) is 19.2 Å². The summed E-state index contributed by atoms with van der Waals surface area (Å²) >= 11 is 0. The molecule has 0 aromatic heterocycles. The summed E-state index contributed by atoms with van der Waals surface area (Å²) in [7, 11) is 0. The lowest BCUT2D eigenvalue weighted by atomic mass is 10.1. The minimum atomic E-state index is -4.42. The predicted molar refractivity (Wildman–Crippen MR) is 84.6 cm³/mol. The van der Waals surface area contributed by atoms with Gasteiger partial charge in [-0.1, -0.05) is 29.8 Å². The number of hydrogen-bond acceptors (Lipinski definition) is 2. The first kappa shape index (κ1) is 17.8. The van der Waals surface area contributed by atoms with Crippen LogP contribution in [0.25, 0.3) is 0 Å². The molecule has 1 atom stereocenters. The van der Waals surface area contributed by atoms with Crippen molar-refractivity contribution >= 4 is 11.7 Å². The molecule has 2 amide bonds. The van der Waals surface area contributed by atoms with Gasteiger partial charge in [-0.15, -0.1) is 0 Å². The molecular weight excluding hydrogens is 321 g/mol. The van der Waals surface area contributed by atoms with E-state index in [2.05, 4.69) is 10.6 Å². The Morgan fingerprint density at radius 2 is 1.67 bits per heavy atom. The molecule has 2 rings (SSSR count). The number of aryl methyl sites for hydroxylation is 1. The summed E-state index contributed by atoms with van der Waals surface area (Å²) in [6, 6.07) is 10.8. The van der Waals surface area contributed by atoms with E-state index in [-0.39, 0.29) is 6.54 Å². The van der Waals surface area contributed by atoms with Crippen LogP contribution in [0.5, 0.6) is 0 Å². The fraction of sp³-hybridized carbons (Fsp3) is 0.235. The molecule has 7 heteroatoms. The fourth-order valence-electron chi connectivity index (χ4n) is 2.01. The van der Waals surface area contributed by atoms with Gasteiger partial charge in [-0.2, -0.15) is 13.2 Å². The van der Waals surface area contributed by atoms with Gasteiger partial charge in [-0.05, 0) is 36.8 Å². The minimum absolute atomic E-state index is 0.122. The SMILES string of the molecule is Cc1ccc(NC(=O)NCC(O)c2ccc(C(F)(F)F)cc2)cc1. The van der Waals surface area contributed by atoms with Crippen molar-refractivity contribution in [1.82, 2.24) is 5.32 Å². The molecule has 0 radical (unpaired) electrons. The molecule has 0 saturated heterocycles. The number of halogens is 3. The molecule has 2 aromatic carbocycles.